The fourth-order valence-electron chi connectivity index (χ4n) is 1.68. The summed E-state index contributed by atoms with van der Waals surface area (Å²) in [4.78, 5) is 23.6. The summed E-state index contributed by atoms with van der Waals surface area (Å²) < 4.78 is 0.829. The van der Waals surface area contributed by atoms with Gasteiger partial charge in [-0.1, -0.05) is 15.9 Å². The Hall–Kier alpha value is -0.960. The van der Waals surface area contributed by atoms with Gasteiger partial charge in [0.2, 0.25) is 0 Å². The third kappa shape index (κ3) is 1.08. The number of fused-ring (bicyclic) bond motifs is 1. The highest BCUT2D eigenvalue weighted by Gasteiger charge is 2.45. The largest absolute Gasteiger partial charge is 0.293 e. The zero-order chi connectivity index (χ0) is 10.5. The average molecular weight is 253 g/mol. The Balaban J connectivity index is 2.71. The van der Waals surface area contributed by atoms with Crippen LogP contribution in [0, 0.1) is 5.41 Å². The Bertz CT molecular complexity index is 447. The molecule has 2 nitrogen and oxygen atoms in total. The summed E-state index contributed by atoms with van der Waals surface area (Å²) in [5.74, 6) is -0.163. The molecule has 0 saturated heterocycles. The zero-order valence-electron chi connectivity index (χ0n) is 7.93. The monoisotopic (exact) mass is 252 g/mol. The van der Waals surface area contributed by atoms with Crippen molar-refractivity contribution in [2.75, 3.05) is 0 Å². The summed E-state index contributed by atoms with van der Waals surface area (Å²) in [6.07, 6.45) is 0. The molecular weight excluding hydrogens is 244 g/mol. The number of Topliss-reactive ketones (excluding diaryl/α,β-unsaturated/α-hetero) is 2. The quantitative estimate of drug-likeness (QED) is 0.666. The van der Waals surface area contributed by atoms with Gasteiger partial charge in [-0.2, -0.15) is 0 Å². The molecule has 72 valence electrons. The van der Waals surface area contributed by atoms with E-state index in [1.807, 2.05) is 0 Å². The van der Waals surface area contributed by atoms with Crippen LogP contribution in [-0.2, 0) is 0 Å². The van der Waals surface area contributed by atoms with Crippen molar-refractivity contribution in [3.8, 4) is 0 Å². The van der Waals surface area contributed by atoms with E-state index in [1.54, 1.807) is 32.0 Å². The number of benzene rings is 1. The molecule has 1 aliphatic rings. The zero-order valence-corrected chi connectivity index (χ0v) is 9.51. The molecule has 0 N–H and O–H groups in total. The summed E-state index contributed by atoms with van der Waals surface area (Å²) in [5, 5.41) is 0. The van der Waals surface area contributed by atoms with Crippen LogP contribution in [0.4, 0.5) is 0 Å². The molecule has 0 heterocycles. The van der Waals surface area contributed by atoms with Crippen LogP contribution in [-0.4, -0.2) is 11.6 Å². The van der Waals surface area contributed by atoms with E-state index in [-0.39, 0.29) is 11.6 Å². The number of carbonyl (C=O) groups is 2. The third-order valence-corrected chi connectivity index (χ3v) is 3.10. The van der Waals surface area contributed by atoms with E-state index in [4.69, 9.17) is 0 Å². The number of hydrogen-bond donors (Lipinski definition) is 0. The molecule has 0 amide bonds. The second-order valence-corrected chi connectivity index (χ2v) is 4.89. The van der Waals surface area contributed by atoms with Crippen molar-refractivity contribution in [1.29, 1.82) is 0 Å². The molecule has 0 radical (unpaired) electrons. The fraction of sp³-hybridized carbons (Fsp3) is 0.273. The molecule has 0 unspecified atom stereocenters. The Kier molecular flexibility index (Phi) is 1.89. The van der Waals surface area contributed by atoms with Gasteiger partial charge in [0.05, 0.1) is 5.41 Å². The summed E-state index contributed by atoms with van der Waals surface area (Å²) in [5.41, 5.74) is 0.195. The van der Waals surface area contributed by atoms with Crippen LogP contribution in [0.2, 0.25) is 0 Å². The smallest absolute Gasteiger partial charge is 0.176 e. The van der Waals surface area contributed by atoms with Gasteiger partial charge in [-0.25, -0.2) is 0 Å². The van der Waals surface area contributed by atoms with E-state index in [9.17, 15) is 9.59 Å². The van der Waals surface area contributed by atoms with E-state index in [0.29, 0.717) is 11.1 Å². The van der Waals surface area contributed by atoms with Crippen molar-refractivity contribution < 1.29 is 9.59 Å². The molecule has 0 aliphatic heterocycles. The molecule has 0 saturated carbocycles. The maximum absolute atomic E-state index is 11.8. The minimum atomic E-state index is -0.886. The third-order valence-electron chi connectivity index (χ3n) is 2.61. The van der Waals surface area contributed by atoms with E-state index in [1.165, 1.54) is 0 Å². The summed E-state index contributed by atoms with van der Waals surface area (Å²) in [7, 11) is 0. The molecule has 0 aromatic heterocycles. The van der Waals surface area contributed by atoms with Crippen molar-refractivity contribution in [3.63, 3.8) is 0 Å². The number of halogens is 1. The van der Waals surface area contributed by atoms with E-state index >= 15 is 0 Å². The summed E-state index contributed by atoms with van der Waals surface area (Å²) in [6, 6.07) is 5.20. The standard InChI is InChI=1S/C11H9BrO2/c1-11(2)9(13)7-4-3-6(12)5-8(7)10(11)14/h3-5H,1-2H3. The Morgan fingerprint density at radius 2 is 1.64 bits per heavy atom. The molecule has 0 bridgehead atoms. The van der Waals surface area contributed by atoms with E-state index in [2.05, 4.69) is 15.9 Å². The van der Waals surface area contributed by atoms with Gasteiger partial charge in [0, 0.05) is 15.6 Å². The number of hydrogen-bond acceptors (Lipinski definition) is 2. The van der Waals surface area contributed by atoms with Crippen molar-refractivity contribution in [1.82, 2.24) is 0 Å². The SMILES string of the molecule is CC1(C)C(=O)c2ccc(Br)cc2C1=O. The van der Waals surface area contributed by atoms with Crippen molar-refractivity contribution in [3.05, 3.63) is 33.8 Å². The first-order chi connectivity index (χ1) is 6.44. The Labute approximate surface area is 90.4 Å². The van der Waals surface area contributed by atoms with Crippen LogP contribution in [0.15, 0.2) is 22.7 Å². The molecule has 0 spiro atoms. The fourth-order valence-corrected chi connectivity index (χ4v) is 2.04. The molecule has 1 aromatic rings. The van der Waals surface area contributed by atoms with Gasteiger partial charge < -0.3 is 0 Å². The molecule has 0 fully saturated rings. The van der Waals surface area contributed by atoms with Gasteiger partial charge in [0.25, 0.3) is 0 Å². The molecular formula is C11H9BrO2. The van der Waals surface area contributed by atoms with E-state index in [0.717, 1.165) is 4.47 Å². The molecule has 1 aliphatic carbocycles. The highest BCUT2D eigenvalue weighted by Crippen LogP contribution is 2.36. The molecule has 1 aromatic carbocycles. The number of rotatable bonds is 0. The lowest BCUT2D eigenvalue weighted by Gasteiger charge is -2.11. The van der Waals surface area contributed by atoms with Crippen molar-refractivity contribution in [2.45, 2.75) is 13.8 Å². The molecule has 2 rings (SSSR count). The van der Waals surface area contributed by atoms with Crippen LogP contribution >= 0.6 is 15.9 Å². The lowest BCUT2D eigenvalue weighted by molar-refractivity contribution is 0.0746. The topological polar surface area (TPSA) is 34.1 Å². The summed E-state index contributed by atoms with van der Waals surface area (Å²) in [6.45, 7) is 3.34. The maximum atomic E-state index is 11.8. The predicted molar refractivity (Wildman–Crippen MR) is 56.6 cm³/mol. The van der Waals surface area contributed by atoms with Gasteiger partial charge in [0.1, 0.15) is 0 Å². The van der Waals surface area contributed by atoms with Crippen molar-refractivity contribution >= 4 is 27.5 Å². The van der Waals surface area contributed by atoms with Crippen LogP contribution in [0.25, 0.3) is 0 Å². The minimum Gasteiger partial charge on any atom is -0.293 e. The second kappa shape index (κ2) is 2.76. The van der Waals surface area contributed by atoms with Gasteiger partial charge in [0.15, 0.2) is 11.6 Å². The van der Waals surface area contributed by atoms with Gasteiger partial charge >= 0.3 is 0 Å². The Morgan fingerprint density at radius 1 is 1.07 bits per heavy atom. The second-order valence-electron chi connectivity index (χ2n) is 3.97. The number of carbonyl (C=O) groups excluding carboxylic acids is 2. The highest BCUT2D eigenvalue weighted by molar-refractivity contribution is 9.10. The molecule has 14 heavy (non-hydrogen) atoms. The Morgan fingerprint density at radius 3 is 2.29 bits per heavy atom. The van der Waals surface area contributed by atoms with Gasteiger partial charge in [-0.05, 0) is 32.0 Å². The highest BCUT2D eigenvalue weighted by atomic mass is 79.9. The lowest BCUT2D eigenvalue weighted by atomic mass is 9.88. The average Bonchev–Trinajstić information content (AvgIpc) is 2.29. The first-order valence-electron chi connectivity index (χ1n) is 4.34. The van der Waals surface area contributed by atoms with E-state index < -0.39 is 5.41 Å². The van der Waals surface area contributed by atoms with Crippen LogP contribution in [0.5, 0.6) is 0 Å². The molecule has 3 heteroatoms. The lowest BCUT2D eigenvalue weighted by Crippen LogP contribution is -2.25. The van der Waals surface area contributed by atoms with Crippen LogP contribution in [0.3, 0.4) is 0 Å². The van der Waals surface area contributed by atoms with Crippen molar-refractivity contribution in [2.24, 2.45) is 5.41 Å². The normalized spacial score (nSPS) is 18.5. The first kappa shape index (κ1) is 9.59. The van der Waals surface area contributed by atoms with Crippen LogP contribution in [0.1, 0.15) is 34.6 Å². The van der Waals surface area contributed by atoms with Crippen LogP contribution < -0.4 is 0 Å². The summed E-state index contributed by atoms with van der Waals surface area (Å²) >= 11 is 3.29. The number of ketones is 2. The maximum Gasteiger partial charge on any atom is 0.176 e. The van der Waals surface area contributed by atoms with Gasteiger partial charge in [-0.15, -0.1) is 0 Å². The molecule has 0 atom stereocenters. The van der Waals surface area contributed by atoms with Gasteiger partial charge in [-0.3, -0.25) is 9.59 Å². The first-order valence-corrected chi connectivity index (χ1v) is 5.13. The minimum absolute atomic E-state index is 0.0787. The predicted octanol–water partition coefficient (Wildman–Crippen LogP) is 2.85.